The van der Waals surface area contributed by atoms with Gasteiger partial charge in [-0.05, 0) is 71.2 Å². The lowest BCUT2D eigenvalue weighted by atomic mass is 9.97. The molecule has 0 aliphatic carbocycles. The summed E-state index contributed by atoms with van der Waals surface area (Å²) in [7, 11) is 4.17. The first kappa shape index (κ1) is 20.2. The molecule has 3 heterocycles. The number of hydrogen-bond acceptors (Lipinski definition) is 3. The van der Waals surface area contributed by atoms with Crippen LogP contribution in [0.3, 0.4) is 0 Å². The number of aliphatic imine (C=N–C) groups is 1. The zero-order chi connectivity index (χ0) is 16.1. The number of guanidine groups is 1. The Balaban J connectivity index is 0.00000208. The number of halogens is 1. The molecule has 140 valence electrons. The van der Waals surface area contributed by atoms with E-state index in [1.165, 1.54) is 64.7 Å². The van der Waals surface area contributed by atoms with E-state index < -0.39 is 0 Å². The minimum absolute atomic E-state index is 0. The van der Waals surface area contributed by atoms with Gasteiger partial charge in [0.15, 0.2) is 5.96 Å². The molecule has 1 atom stereocenters. The van der Waals surface area contributed by atoms with Gasteiger partial charge in [0.05, 0.1) is 0 Å². The van der Waals surface area contributed by atoms with Crippen molar-refractivity contribution in [3.8, 4) is 0 Å². The van der Waals surface area contributed by atoms with E-state index in [-0.39, 0.29) is 24.0 Å². The molecule has 3 rings (SSSR count). The Morgan fingerprint density at radius 3 is 2.38 bits per heavy atom. The maximum absolute atomic E-state index is 4.55. The molecule has 3 aliphatic rings. The van der Waals surface area contributed by atoms with E-state index in [1.54, 1.807) is 0 Å². The smallest absolute Gasteiger partial charge is 0.193 e. The lowest BCUT2D eigenvalue weighted by Crippen LogP contribution is -2.46. The van der Waals surface area contributed by atoms with Gasteiger partial charge in [-0.15, -0.1) is 24.0 Å². The van der Waals surface area contributed by atoms with Gasteiger partial charge in [-0.2, -0.15) is 0 Å². The first-order valence-electron chi connectivity index (χ1n) is 9.64. The van der Waals surface area contributed by atoms with Gasteiger partial charge >= 0.3 is 0 Å². The number of nitrogens with one attached hydrogen (secondary N) is 1. The van der Waals surface area contributed by atoms with Crippen molar-refractivity contribution in [2.24, 2.45) is 10.9 Å². The van der Waals surface area contributed by atoms with Crippen molar-refractivity contribution in [3.63, 3.8) is 0 Å². The SMILES string of the molecule is CN=C(NCC1CCN(C)CC1)N1CCC(N2CCCCC2)C1.I. The van der Waals surface area contributed by atoms with Gasteiger partial charge in [0.25, 0.3) is 0 Å². The summed E-state index contributed by atoms with van der Waals surface area (Å²) in [5.74, 6) is 1.94. The van der Waals surface area contributed by atoms with Crippen molar-refractivity contribution < 1.29 is 0 Å². The molecule has 5 nitrogen and oxygen atoms in total. The summed E-state index contributed by atoms with van der Waals surface area (Å²) in [6.45, 7) is 8.50. The van der Waals surface area contributed by atoms with Gasteiger partial charge in [-0.1, -0.05) is 6.42 Å². The summed E-state index contributed by atoms with van der Waals surface area (Å²) < 4.78 is 0. The Kier molecular flexibility index (Phi) is 8.57. The van der Waals surface area contributed by atoms with Crippen molar-refractivity contribution >= 4 is 29.9 Å². The molecule has 0 bridgehead atoms. The molecule has 0 aromatic rings. The van der Waals surface area contributed by atoms with Gasteiger partial charge in [0.1, 0.15) is 0 Å². The molecule has 0 amide bonds. The number of rotatable bonds is 3. The van der Waals surface area contributed by atoms with E-state index in [9.17, 15) is 0 Å². The second kappa shape index (κ2) is 10.2. The monoisotopic (exact) mass is 449 g/mol. The van der Waals surface area contributed by atoms with Crippen LogP contribution in [0, 0.1) is 5.92 Å². The lowest BCUT2D eigenvalue weighted by molar-refractivity contribution is 0.168. The highest BCUT2D eigenvalue weighted by Gasteiger charge is 2.30. The van der Waals surface area contributed by atoms with Crippen molar-refractivity contribution in [2.75, 3.05) is 59.9 Å². The Labute approximate surface area is 165 Å². The Bertz CT molecular complexity index is 389. The highest BCUT2D eigenvalue weighted by molar-refractivity contribution is 14.0. The third-order valence-electron chi connectivity index (χ3n) is 5.97. The second-order valence-corrected chi connectivity index (χ2v) is 7.66. The average Bonchev–Trinajstić information content (AvgIpc) is 3.08. The van der Waals surface area contributed by atoms with Crippen molar-refractivity contribution in [1.29, 1.82) is 0 Å². The molecule has 0 spiro atoms. The number of nitrogens with zero attached hydrogens (tertiary/aromatic N) is 4. The van der Waals surface area contributed by atoms with Gasteiger partial charge in [0, 0.05) is 32.7 Å². The Morgan fingerprint density at radius 1 is 1.00 bits per heavy atom. The molecule has 0 aromatic carbocycles. The summed E-state index contributed by atoms with van der Waals surface area (Å²) in [4.78, 5) is 12.2. The molecule has 3 fully saturated rings. The van der Waals surface area contributed by atoms with Gasteiger partial charge in [0.2, 0.25) is 0 Å². The van der Waals surface area contributed by atoms with Crippen LogP contribution in [-0.4, -0.2) is 86.6 Å². The summed E-state index contributed by atoms with van der Waals surface area (Å²) >= 11 is 0. The van der Waals surface area contributed by atoms with Crippen LogP contribution in [0.1, 0.15) is 38.5 Å². The Hall–Kier alpha value is -0.0800. The van der Waals surface area contributed by atoms with E-state index in [2.05, 4.69) is 32.1 Å². The van der Waals surface area contributed by atoms with Crippen LogP contribution in [0.25, 0.3) is 0 Å². The zero-order valence-electron chi connectivity index (χ0n) is 15.5. The fourth-order valence-electron chi connectivity index (χ4n) is 4.35. The van der Waals surface area contributed by atoms with Crippen LogP contribution >= 0.6 is 24.0 Å². The third-order valence-corrected chi connectivity index (χ3v) is 5.97. The number of hydrogen-bond donors (Lipinski definition) is 1. The van der Waals surface area contributed by atoms with Crippen molar-refractivity contribution in [3.05, 3.63) is 0 Å². The minimum Gasteiger partial charge on any atom is -0.356 e. The van der Waals surface area contributed by atoms with Crippen LogP contribution in [0.2, 0.25) is 0 Å². The summed E-state index contributed by atoms with van der Waals surface area (Å²) in [5.41, 5.74) is 0. The maximum atomic E-state index is 4.55. The summed E-state index contributed by atoms with van der Waals surface area (Å²) in [6, 6.07) is 0.747. The molecule has 3 saturated heterocycles. The molecule has 0 radical (unpaired) electrons. The summed E-state index contributed by atoms with van der Waals surface area (Å²) in [5, 5.41) is 3.66. The van der Waals surface area contributed by atoms with Crippen molar-refractivity contribution in [2.45, 2.75) is 44.6 Å². The van der Waals surface area contributed by atoms with E-state index >= 15 is 0 Å². The lowest BCUT2D eigenvalue weighted by Gasteiger charge is -2.33. The van der Waals surface area contributed by atoms with Crippen LogP contribution in [-0.2, 0) is 0 Å². The predicted molar refractivity (Wildman–Crippen MR) is 112 cm³/mol. The largest absolute Gasteiger partial charge is 0.356 e. The molecule has 3 aliphatic heterocycles. The van der Waals surface area contributed by atoms with Crippen LogP contribution in [0.5, 0.6) is 0 Å². The number of piperidine rings is 2. The Morgan fingerprint density at radius 2 is 1.71 bits per heavy atom. The van der Waals surface area contributed by atoms with E-state index in [0.29, 0.717) is 0 Å². The maximum Gasteiger partial charge on any atom is 0.193 e. The minimum atomic E-state index is 0. The molecule has 24 heavy (non-hydrogen) atoms. The zero-order valence-corrected chi connectivity index (χ0v) is 17.9. The van der Waals surface area contributed by atoms with Crippen molar-refractivity contribution in [1.82, 2.24) is 20.0 Å². The first-order valence-corrected chi connectivity index (χ1v) is 9.64. The fraction of sp³-hybridized carbons (Fsp3) is 0.944. The first-order chi connectivity index (χ1) is 11.3. The fourth-order valence-corrected chi connectivity index (χ4v) is 4.35. The van der Waals surface area contributed by atoms with Crippen LogP contribution < -0.4 is 5.32 Å². The van der Waals surface area contributed by atoms with E-state index in [4.69, 9.17) is 0 Å². The molecule has 1 unspecified atom stereocenters. The quantitative estimate of drug-likeness (QED) is 0.407. The molecule has 0 aromatic heterocycles. The number of likely N-dealkylation sites (tertiary alicyclic amines) is 3. The van der Waals surface area contributed by atoms with Crippen LogP contribution in [0.15, 0.2) is 4.99 Å². The van der Waals surface area contributed by atoms with Crippen LogP contribution in [0.4, 0.5) is 0 Å². The van der Waals surface area contributed by atoms with E-state index in [0.717, 1.165) is 37.6 Å². The average molecular weight is 449 g/mol. The predicted octanol–water partition coefficient (Wildman–Crippen LogP) is 2.08. The highest BCUT2D eigenvalue weighted by atomic mass is 127. The van der Waals surface area contributed by atoms with E-state index in [1.807, 2.05) is 7.05 Å². The standard InChI is InChI=1S/C18H35N5.HI/c1-19-18(20-14-16-6-11-21(2)12-7-16)23-13-8-17(15-23)22-9-4-3-5-10-22;/h16-17H,3-15H2,1-2H3,(H,19,20);1H. The molecular weight excluding hydrogens is 413 g/mol. The molecular formula is C18H36IN5. The topological polar surface area (TPSA) is 34.1 Å². The van der Waals surface area contributed by atoms with Gasteiger partial charge in [-0.3, -0.25) is 9.89 Å². The van der Waals surface area contributed by atoms with Gasteiger partial charge < -0.3 is 15.1 Å². The normalized spacial score (nSPS) is 28.0. The molecule has 1 N–H and O–H groups in total. The molecule has 6 heteroatoms. The molecule has 0 saturated carbocycles. The highest BCUT2D eigenvalue weighted by Crippen LogP contribution is 2.20. The summed E-state index contributed by atoms with van der Waals surface area (Å²) in [6.07, 6.45) is 8.13. The second-order valence-electron chi connectivity index (χ2n) is 7.66. The third kappa shape index (κ3) is 5.46. The van der Waals surface area contributed by atoms with Gasteiger partial charge in [-0.25, -0.2) is 0 Å².